The zero-order chi connectivity index (χ0) is 12.6. The van der Waals surface area contributed by atoms with Crippen LogP contribution in [0.3, 0.4) is 0 Å². The first kappa shape index (κ1) is 14.7. The summed E-state index contributed by atoms with van der Waals surface area (Å²) in [6, 6.07) is 11.2. The number of rotatable bonds is 8. The van der Waals surface area contributed by atoms with Crippen molar-refractivity contribution in [2.24, 2.45) is 0 Å². The van der Waals surface area contributed by atoms with E-state index in [0.29, 0.717) is 19.1 Å². The van der Waals surface area contributed by atoms with Gasteiger partial charge in [0.25, 0.3) is 0 Å². The van der Waals surface area contributed by atoms with Gasteiger partial charge >= 0.3 is 8.56 Å². The van der Waals surface area contributed by atoms with E-state index in [-0.39, 0.29) is 0 Å². The van der Waals surface area contributed by atoms with Crippen molar-refractivity contribution >= 4 is 25.3 Å². The van der Waals surface area contributed by atoms with Crippen molar-refractivity contribution in [3.63, 3.8) is 0 Å². The van der Waals surface area contributed by atoms with E-state index in [9.17, 15) is 0 Å². The quantitative estimate of drug-likeness (QED) is 0.535. The van der Waals surface area contributed by atoms with Gasteiger partial charge in [0.2, 0.25) is 0 Å². The first-order chi connectivity index (χ1) is 8.29. The van der Waals surface area contributed by atoms with Gasteiger partial charge < -0.3 is 8.85 Å². The lowest BCUT2D eigenvalue weighted by atomic mass is 10.4. The topological polar surface area (TPSA) is 18.5 Å². The smallest absolute Gasteiger partial charge is 0.372 e. The molecule has 96 valence electrons. The van der Waals surface area contributed by atoms with Crippen LogP contribution in [0.5, 0.6) is 0 Å². The first-order valence-electron chi connectivity index (χ1n) is 6.18. The van der Waals surface area contributed by atoms with Gasteiger partial charge in [-0.15, -0.1) is 11.6 Å². The number of benzene rings is 1. The van der Waals surface area contributed by atoms with E-state index in [4.69, 9.17) is 20.5 Å². The van der Waals surface area contributed by atoms with Crippen molar-refractivity contribution in [2.75, 3.05) is 19.1 Å². The third-order valence-electron chi connectivity index (χ3n) is 2.61. The molecular formula is C13H21ClO2Si. The van der Waals surface area contributed by atoms with Crippen LogP contribution in [0.2, 0.25) is 6.04 Å². The van der Waals surface area contributed by atoms with Crippen molar-refractivity contribution in [2.45, 2.75) is 26.3 Å². The zero-order valence-corrected chi connectivity index (χ0v) is 12.4. The minimum absolute atomic E-state index is 0.654. The molecule has 0 fully saturated rings. The molecule has 0 aromatic heterocycles. The number of hydrogen-bond acceptors (Lipinski definition) is 2. The summed E-state index contributed by atoms with van der Waals surface area (Å²) in [6.07, 6.45) is 0.933. The molecule has 0 aliphatic carbocycles. The number of alkyl halides is 1. The highest BCUT2D eigenvalue weighted by atomic mass is 35.5. The van der Waals surface area contributed by atoms with Crippen LogP contribution in [0.15, 0.2) is 30.3 Å². The van der Waals surface area contributed by atoms with Crippen molar-refractivity contribution in [3.8, 4) is 0 Å². The minimum atomic E-state index is -2.28. The van der Waals surface area contributed by atoms with E-state index in [1.165, 1.54) is 5.19 Å². The van der Waals surface area contributed by atoms with Crippen molar-refractivity contribution in [1.82, 2.24) is 0 Å². The molecule has 0 unspecified atom stereocenters. The zero-order valence-electron chi connectivity index (χ0n) is 10.6. The molecule has 0 aliphatic heterocycles. The van der Waals surface area contributed by atoms with Crippen molar-refractivity contribution in [1.29, 1.82) is 0 Å². The van der Waals surface area contributed by atoms with Gasteiger partial charge in [-0.25, -0.2) is 0 Å². The fraction of sp³-hybridized carbons (Fsp3) is 0.538. The van der Waals surface area contributed by atoms with Gasteiger partial charge in [0.15, 0.2) is 0 Å². The van der Waals surface area contributed by atoms with Gasteiger partial charge in [0, 0.05) is 19.1 Å². The molecular weight excluding hydrogens is 252 g/mol. The van der Waals surface area contributed by atoms with Crippen LogP contribution in [0.25, 0.3) is 0 Å². The Bertz CT molecular complexity index is 300. The Morgan fingerprint density at radius 3 is 2.12 bits per heavy atom. The molecule has 2 nitrogen and oxygen atoms in total. The van der Waals surface area contributed by atoms with E-state index in [1.807, 2.05) is 32.0 Å². The van der Waals surface area contributed by atoms with Crippen LogP contribution in [0.1, 0.15) is 20.3 Å². The summed E-state index contributed by atoms with van der Waals surface area (Å²) >= 11 is 5.81. The molecule has 0 amide bonds. The molecule has 17 heavy (non-hydrogen) atoms. The molecule has 1 aromatic carbocycles. The highest BCUT2D eigenvalue weighted by Gasteiger charge is 2.38. The highest BCUT2D eigenvalue weighted by molar-refractivity contribution is 6.81. The number of hydrogen-bond donors (Lipinski definition) is 0. The average molecular weight is 273 g/mol. The molecule has 4 heteroatoms. The van der Waals surface area contributed by atoms with Gasteiger partial charge in [-0.3, -0.25) is 0 Å². The lowest BCUT2D eigenvalue weighted by Crippen LogP contribution is -2.53. The van der Waals surface area contributed by atoms with Gasteiger partial charge in [-0.2, -0.15) is 0 Å². The largest absolute Gasteiger partial charge is 0.391 e. The van der Waals surface area contributed by atoms with Crippen LogP contribution < -0.4 is 5.19 Å². The summed E-state index contributed by atoms with van der Waals surface area (Å²) in [5.41, 5.74) is 0. The molecule has 0 saturated carbocycles. The maximum absolute atomic E-state index is 6.02. The molecule has 0 spiro atoms. The Kier molecular flexibility index (Phi) is 6.81. The van der Waals surface area contributed by atoms with E-state index >= 15 is 0 Å². The monoisotopic (exact) mass is 272 g/mol. The second kappa shape index (κ2) is 7.87. The van der Waals surface area contributed by atoms with Gasteiger partial charge in [0.05, 0.1) is 0 Å². The lowest BCUT2D eigenvalue weighted by molar-refractivity contribution is 0.195. The third kappa shape index (κ3) is 4.10. The predicted octanol–water partition coefficient (Wildman–Crippen LogP) is 3.04. The lowest BCUT2D eigenvalue weighted by Gasteiger charge is -2.30. The van der Waals surface area contributed by atoms with Gasteiger partial charge in [-0.1, -0.05) is 30.3 Å². The van der Waals surface area contributed by atoms with E-state index < -0.39 is 8.56 Å². The molecule has 1 rings (SSSR count). The summed E-state index contributed by atoms with van der Waals surface area (Å²) in [5.74, 6) is 0.654. The van der Waals surface area contributed by atoms with E-state index in [0.717, 1.165) is 12.5 Å². The van der Waals surface area contributed by atoms with Crippen molar-refractivity contribution in [3.05, 3.63) is 30.3 Å². The molecule has 0 heterocycles. The molecule has 0 saturated heterocycles. The normalized spacial score (nSPS) is 11.7. The number of halogens is 1. The summed E-state index contributed by atoms with van der Waals surface area (Å²) in [5, 5.41) is 1.20. The molecule has 0 N–H and O–H groups in total. The van der Waals surface area contributed by atoms with Crippen molar-refractivity contribution < 1.29 is 8.85 Å². The Morgan fingerprint density at radius 1 is 1.06 bits per heavy atom. The Balaban J connectivity index is 2.95. The average Bonchev–Trinajstić information content (AvgIpc) is 2.37. The Labute approximate surface area is 110 Å². The van der Waals surface area contributed by atoms with E-state index in [1.54, 1.807) is 0 Å². The van der Waals surface area contributed by atoms with E-state index in [2.05, 4.69) is 12.1 Å². The molecule has 0 bridgehead atoms. The van der Waals surface area contributed by atoms with Crippen LogP contribution in [-0.4, -0.2) is 27.7 Å². The van der Waals surface area contributed by atoms with Gasteiger partial charge in [0.1, 0.15) is 0 Å². The fourth-order valence-corrected chi connectivity index (χ4v) is 5.58. The molecule has 0 atom stereocenters. The molecule has 0 aliphatic rings. The minimum Gasteiger partial charge on any atom is -0.391 e. The Hall–Kier alpha value is -0.353. The SMILES string of the molecule is CCO[Si](CCCCl)(OCC)c1ccccc1. The summed E-state index contributed by atoms with van der Waals surface area (Å²) in [7, 11) is -2.28. The summed E-state index contributed by atoms with van der Waals surface area (Å²) < 4.78 is 12.0. The van der Waals surface area contributed by atoms with Crippen LogP contribution in [0, 0.1) is 0 Å². The Morgan fingerprint density at radius 2 is 1.65 bits per heavy atom. The van der Waals surface area contributed by atoms with Crippen LogP contribution >= 0.6 is 11.6 Å². The maximum Gasteiger partial charge on any atom is 0.372 e. The van der Waals surface area contributed by atoms with Crippen LogP contribution in [-0.2, 0) is 8.85 Å². The first-order valence-corrected chi connectivity index (χ1v) is 8.74. The maximum atomic E-state index is 6.02. The highest BCUT2D eigenvalue weighted by Crippen LogP contribution is 2.17. The fourth-order valence-electron chi connectivity index (χ4n) is 1.95. The summed E-state index contributed by atoms with van der Waals surface area (Å²) in [6.45, 7) is 5.40. The summed E-state index contributed by atoms with van der Waals surface area (Å²) in [4.78, 5) is 0. The third-order valence-corrected chi connectivity index (χ3v) is 6.61. The predicted molar refractivity (Wildman–Crippen MR) is 75.2 cm³/mol. The second-order valence-electron chi connectivity index (χ2n) is 3.78. The molecule has 1 aromatic rings. The van der Waals surface area contributed by atoms with Crippen LogP contribution in [0.4, 0.5) is 0 Å². The molecule has 0 radical (unpaired) electrons. The second-order valence-corrected chi connectivity index (χ2v) is 7.32. The van der Waals surface area contributed by atoms with Gasteiger partial charge in [-0.05, 0) is 31.5 Å². The standard InChI is InChI=1S/C13H21ClO2Si/c1-3-15-17(16-4-2,12-8-11-14)13-9-6-5-7-10-13/h5-7,9-10H,3-4,8,11-12H2,1-2H3.